The zero-order valence-corrected chi connectivity index (χ0v) is 12.5. The van der Waals surface area contributed by atoms with E-state index in [-0.39, 0.29) is 0 Å². The first-order valence-corrected chi connectivity index (χ1v) is 6.94. The minimum absolute atomic E-state index is 0.326. The molecule has 0 bridgehead atoms. The van der Waals surface area contributed by atoms with Crippen molar-refractivity contribution in [3.63, 3.8) is 0 Å². The molecule has 110 valence electrons. The average Bonchev–Trinajstić information content (AvgIpc) is 2.89. The molecule has 3 nitrogen and oxygen atoms in total. The van der Waals surface area contributed by atoms with Crippen LogP contribution in [0.5, 0.6) is 0 Å². The van der Waals surface area contributed by atoms with Gasteiger partial charge in [-0.25, -0.2) is 4.98 Å². The molecule has 3 aromatic rings. The summed E-state index contributed by atoms with van der Waals surface area (Å²) in [5.41, 5.74) is 0.174. The summed E-state index contributed by atoms with van der Waals surface area (Å²) in [5.74, 6) is 0.375. The van der Waals surface area contributed by atoms with Crippen LogP contribution < -0.4 is 0 Å². The van der Waals surface area contributed by atoms with E-state index in [0.717, 1.165) is 12.1 Å². The van der Waals surface area contributed by atoms with Crippen LogP contribution in [0.15, 0.2) is 47.2 Å². The molecule has 0 unspecified atom stereocenters. The number of nitrogens with zero attached hydrogens (tertiary/aromatic N) is 3. The first kappa shape index (κ1) is 14.6. The van der Waals surface area contributed by atoms with Crippen LogP contribution in [0.4, 0.5) is 13.2 Å². The van der Waals surface area contributed by atoms with Gasteiger partial charge in [0.2, 0.25) is 0 Å². The van der Waals surface area contributed by atoms with E-state index in [4.69, 9.17) is 0 Å². The topological polar surface area (TPSA) is 41.6 Å². The highest BCUT2D eigenvalue weighted by molar-refractivity contribution is 9.10. The standard InChI is InChI=1S/C15H7BrF3N3/c16-12-6-10(7-20)14(21-8-12)22-4-3-9-5-11(15(17,18)19)1-2-13(9)22/h1-6,8H. The summed E-state index contributed by atoms with van der Waals surface area (Å²) >= 11 is 3.23. The lowest BCUT2D eigenvalue weighted by Crippen LogP contribution is -2.04. The monoisotopic (exact) mass is 365 g/mol. The van der Waals surface area contributed by atoms with Crippen molar-refractivity contribution >= 4 is 26.8 Å². The molecule has 0 atom stereocenters. The largest absolute Gasteiger partial charge is 0.416 e. The molecule has 0 radical (unpaired) electrons. The Kier molecular flexibility index (Phi) is 3.41. The Balaban J connectivity index is 2.20. The number of rotatable bonds is 1. The Labute approximate surface area is 131 Å². The van der Waals surface area contributed by atoms with Crippen LogP contribution >= 0.6 is 15.9 Å². The number of pyridine rings is 1. The van der Waals surface area contributed by atoms with Gasteiger partial charge in [-0.3, -0.25) is 0 Å². The van der Waals surface area contributed by atoms with Crippen molar-refractivity contribution in [2.75, 3.05) is 0 Å². The number of alkyl halides is 3. The number of aromatic nitrogens is 2. The summed E-state index contributed by atoms with van der Waals surface area (Å²) in [5, 5.41) is 9.63. The molecule has 0 saturated carbocycles. The second-order valence-electron chi connectivity index (χ2n) is 4.59. The molecule has 0 fully saturated rings. The lowest BCUT2D eigenvalue weighted by Gasteiger charge is -2.09. The van der Waals surface area contributed by atoms with E-state index in [1.54, 1.807) is 22.9 Å². The van der Waals surface area contributed by atoms with Crippen molar-refractivity contribution in [2.45, 2.75) is 6.18 Å². The van der Waals surface area contributed by atoms with Crippen LogP contribution in [-0.2, 0) is 6.18 Å². The third-order valence-corrected chi connectivity index (χ3v) is 3.63. The Morgan fingerprint density at radius 2 is 1.95 bits per heavy atom. The quantitative estimate of drug-likeness (QED) is 0.628. The van der Waals surface area contributed by atoms with Gasteiger partial charge in [-0.05, 0) is 46.3 Å². The molecule has 0 aliphatic carbocycles. The molecule has 7 heteroatoms. The van der Waals surface area contributed by atoms with Gasteiger partial charge in [-0.2, -0.15) is 18.4 Å². The highest BCUT2D eigenvalue weighted by Crippen LogP contribution is 2.32. The van der Waals surface area contributed by atoms with E-state index in [0.29, 0.717) is 26.8 Å². The predicted molar refractivity (Wildman–Crippen MR) is 78.5 cm³/mol. The van der Waals surface area contributed by atoms with Crippen molar-refractivity contribution in [3.05, 3.63) is 58.3 Å². The van der Waals surface area contributed by atoms with Gasteiger partial charge < -0.3 is 4.57 Å². The van der Waals surface area contributed by atoms with Crippen LogP contribution in [0.2, 0.25) is 0 Å². The first-order valence-electron chi connectivity index (χ1n) is 6.14. The van der Waals surface area contributed by atoms with Crippen molar-refractivity contribution in [1.29, 1.82) is 5.26 Å². The highest BCUT2D eigenvalue weighted by atomic mass is 79.9. The number of hydrogen-bond donors (Lipinski definition) is 0. The van der Waals surface area contributed by atoms with E-state index in [2.05, 4.69) is 20.9 Å². The minimum Gasteiger partial charge on any atom is -0.300 e. The lowest BCUT2D eigenvalue weighted by atomic mass is 10.1. The van der Waals surface area contributed by atoms with E-state index < -0.39 is 11.7 Å². The highest BCUT2D eigenvalue weighted by Gasteiger charge is 2.30. The number of fused-ring (bicyclic) bond motifs is 1. The summed E-state index contributed by atoms with van der Waals surface area (Å²) in [6.45, 7) is 0. The molecule has 0 spiro atoms. The molecule has 22 heavy (non-hydrogen) atoms. The molecule has 0 aliphatic heterocycles. The molecule has 3 rings (SSSR count). The number of halogens is 4. The zero-order valence-electron chi connectivity index (χ0n) is 10.9. The van der Waals surface area contributed by atoms with Gasteiger partial charge in [0.1, 0.15) is 6.07 Å². The van der Waals surface area contributed by atoms with Gasteiger partial charge in [0.05, 0.1) is 16.6 Å². The molecule has 0 amide bonds. The van der Waals surface area contributed by atoms with E-state index in [1.165, 1.54) is 12.3 Å². The van der Waals surface area contributed by atoms with Gasteiger partial charge in [-0.1, -0.05) is 0 Å². The fourth-order valence-electron chi connectivity index (χ4n) is 2.21. The summed E-state index contributed by atoms with van der Waals surface area (Å²) < 4.78 is 40.5. The second kappa shape index (κ2) is 5.14. The maximum absolute atomic E-state index is 12.7. The maximum Gasteiger partial charge on any atom is 0.416 e. The van der Waals surface area contributed by atoms with E-state index >= 15 is 0 Å². The molecule has 0 saturated heterocycles. The summed E-state index contributed by atoms with van der Waals surface area (Å²) in [4.78, 5) is 4.18. The molecular formula is C15H7BrF3N3. The van der Waals surface area contributed by atoms with Crippen LogP contribution in [-0.4, -0.2) is 9.55 Å². The SMILES string of the molecule is N#Cc1cc(Br)cnc1-n1ccc2cc(C(F)(F)F)ccc21. The van der Waals surface area contributed by atoms with Gasteiger partial charge in [0.25, 0.3) is 0 Å². The third kappa shape index (κ3) is 2.46. The normalized spacial score (nSPS) is 11.6. The minimum atomic E-state index is -4.38. The average molecular weight is 366 g/mol. The van der Waals surface area contributed by atoms with Gasteiger partial charge in [0, 0.05) is 22.3 Å². The van der Waals surface area contributed by atoms with E-state index in [1.807, 2.05) is 6.07 Å². The Morgan fingerprint density at radius 3 is 2.64 bits per heavy atom. The zero-order chi connectivity index (χ0) is 15.9. The Morgan fingerprint density at radius 1 is 1.18 bits per heavy atom. The molecule has 0 N–H and O–H groups in total. The lowest BCUT2D eigenvalue weighted by molar-refractivity contribution is -0.137. The van der Waals surface area contributed by atoms with Crippen molar-refractivity contribution < 1.29 is 13.2 Å². The number of benzene rings is 1. The number of hydrogen-bond acceptors (Lipinski definition) is 2. The van der Waals surface area contributed by atoms with Crippen LogP contribution in [0.3, 0.4) is 0 Å². The van der Waals surface area contributed by atoms with Crippen LogP contribution in [0, 0.1) is 11.3 Å². The van der Waals surface area contributed by atoms with Gasteiger partial charge >= 0.3 is 6.18 Å². The van der Waals surface area contributed by atoms with E-state index in [9.17, 15) is 18.4 Å². The summed E-state index contributed by atoms with van der Waals surface area (Å²) in [6.07, 6.45) is -1.25. The van der Waals surface area contributed by atoms with Crippen molar-refractivity contribution in [3.8, 4) is 11.9 Å². The molecule has 2 aromatic heterocycles. The first-order chi connectivity index (χ1) is 10.4. The maximum atomic E-state index is 12.7. The smallest absolute Gasteiger partial charge is 0.300 e. The molecule has 2 heterocycles. The van der Waals surface area contributed by atoms with Crippen LogP contribution in [0.25, 0.3) is 16.7 Å². The van der Waals surface area contributed by atoms with Gasteiger partial charge in [-0.15, -0.1) is 0 Å². The molecule has 1 aromatic carbocycles. The predicted octanol–water partition coefficient (Wildman–Crippen LogP) is 4.68. The van der Waals surface area contributed by atoms with Crippen molar-refractivity contribution in [1.82, 2.24) is 9.55 Å². The van der Waals surface area contributed by atoms with Crippen molar-refractivity contribution in [2.24, 2.45) is 0 Å². The second-order valence-corrected chi connectivity index (χ2v) is 5.51. The van der Waals surface area contributed by atoms with Gasteiger partial charge in [0.15, 0.2) is 5.82 Å². The summed E-state index contributed by atoms with van der Waals surface area (Å²) in [6, 6.07) is 8.68. The Bertz CT molecular complexity index is 907. The fourth-order valence-corrected chi connectivity index (χ4v) is 2.54. The van der Waals surface area contributed by atoms with Crippen LogP contribution in [0.1, 0.15) is 11.1 Å². The molecule has 0 aliphatic rings. The Hall–Kier alpha value is -2.33. The summed E-state index contributed by atoms with van der Waals surface area (Å²) in [7, 11) is 0. The number of nitriles is 1. The molecular weight excluding hydrogens is 359 g/mol. The fraction of sp³-hybridized carbons (Fsp3) is 0.0667. The third-order valence-electron chi connectivity index (χ3n) is 3.20.